The van der Waals surface area contributed by atoms with Gasteiger partial charge in [-0.1, -0.05) is 13.8 Å². The van der Waals surface area contributed by atoms with Crippen LogP contribution in [0.1, 0.15) is 25.3 Å². The maximum Gasteiger partial charge on any atom is 0.233 e. The standard InChI is InChI=1S/C9H12N2O/c1-5(2)7-6-3-4-10-8(6)11-9(7)12/h3-5,7,10H,1-2H3,(H,11,12). The molecule has 2 heterocycles. The Balaban J connectivity index is 2.42. The van der Waals surface area contributed by atoms with Crippen LogP contribution >= 0.6 is 0 Å². The number of carbonyl (C=O) groups is 1. The summed E-state index contributed by atoms with van der Waals surface area (Å²) in [4.78, 5) is 14.4. The molecule has 1 aromatic rings. The molecule has 0 fully saturated rings. The van der Waals surface area contributed by atoms with Crippen molar-refractivity contribution in [2.75, 3.05) is 5.32 Å². The van der Waals surface area contributed by atoms with E-state index in [9.17, 15) is 4.79 Å². The van der Waals surface area contributed by atoms with Gasteiger partial charge in [0.1, 0.15) is 5.82 Å². The third-order valence-corrected chi connectivity index (χ3v) is 2.31. The van der Waals surface area contributed by atoms with Gasteiger partial charge in [-0.05, 0) is 12.0 Å². The molecule has 64 valence electrons. The number of aromatic amines is 1. The quantitative estimate of drug-likeness (QED) is 0.652. The lowest BCUT2D eigenvalue weighted by molar-refractivity contribution is -0.117. The van der Waals surface area contributed by atoms with Crippen molar-refractivity contribution in [3.63, 3.8) is 0 Å². The Labute approximate surface area is 71.2 Å². The molecule has 0 radical (unpaired) electrons. The molecule has 0 saturated heterocycles. The van der Waals surface area contributed by atoms with Gasteiger partial charge in [-0.3, -0.25) is 4.79 Å². The van der Waals surface area contributed by atoms with Gasteiger partial charge < -0.3 is 10.3 Å². The molecule has 0 bridgehead atoms. The van der Waals surface area contributed by atoms with Crippen molar-refractivity contribution < 1.29 is 4.79 Å². The predicted molar refractivity (Wildman–Crippen MR) is 47.0 cm³/mol. The number of aromatic nitrogens is 1. The highest BCUT2D eigenvalue weighted by Gasteiger charge is 2.33. The Morgan fingerprint density at radius 1 is 1.50 bits per heavy atom. The van der Waals surface area contributed by atoms with Crippen LogP contribution in [0.15, 0.2) is 12.3 Å². The van der Waals surface area contributed by atoms with Crippen LogP contribution in [0.25, 0.3) is 0 Å². The number of anilines is 1. The molecule has 2 rings (SSSR count). The van der Waals surface area contributed by atoms with Gasteiger partial charge in [-0.15, -0.1) is 0 Å². The first-order chi connectivity index (χ1) is 5.70. The van der Waals surface area contributed by atoms with Crippen LogP contribution < -0.4 is 5.32 Å². The summed E-state index contributed by atoms with van der Waals surface area (Å²) in [6, 6.07) is 1.97. The Morgan fingerprint density at radius 2 is 2.25 bits per heavy atom. The third-order valence-electron chi connectivity index (χ3n) is 2.31. The second-order valence-corrected chi connectivity index (χ2v) is 3.52. The van der Waals surface area contributed by atoms with Crippen molar-refractivity contribution in [1.29, 1.82) is 0 Å². The minimum atomic E-state index is 0.0336. The van der Waals surface area contributed by atoms with E-state index in [-0.39, 0.29) is 11.8 Å². The number of rotatable bonds is 1. The molecule has 1 atom stereocenters. The number of hydrogen-bond acceptors (Lipinski definition) is 1. The second-order valence-electron chi connectivity index (χ2n) is 3.52. The molecule has 2 N–H and O–H groups in total. The van der Waals surface area contributed by atoms with E-state index in [0.717, 1.165) is 11.4 Å². The summed E-state index contributed by atoms with van der Waals surface area (Å²) in [6.07, 6.45) is 1.86. The fraction of sp³-hybridized carbons (Fsp3) is 0.444. The van der Waals surface area contributed by atoms with Crippen molar-refractivity contribution >= 4 is 11.7 Å². The fourth-order valence-electron chi connectivity index (χ4n) is 1.75. The molecular formula is C9H12N2O. The number of H-pyrrole nitrogens is 1. The van der Waals surface area contributed by atoms with Gasteiger partial charge in [-0.25, -0.2) is 0 Å². The van der Waals surface area contributed by atoms with E-state index < -0.39 is 0 Å². The molecule has 3 nitrogen and oxygen atoms in total. The third kappa shape index (κ3) is 0.858. The smallest absolute Gasteiger partial charge is 0.233 e. The van der Waals surface area contributed by atoms with Crippen molar-refractivity contribution in [3.05, 3.63) is 17.8 Å². The second kappa shape index (κ2) is 2.37. The van der Waals surface area contributed by atoms with Crippen LogP contribution in [0.4, 0.5) is 5.82 Å². The Morgan fingerprint density at radius 3 is 2.92 bits per heavy atom. The number of amides is 1. The lowest BCUT2D eigenvalue weighted by Crippen LogP contribution is -2.17. The Bertz CT molecular complexity index is 314. The summed E-state index contributed by atoms with van der Waals surface area (Å²) in [5.41, 5.74) is 1.11. The molecule has 0 aliphatic carbocycles. The van der Waals surface area contributed by atoms with Gasteiger partial charge in [0.05, 0.1) is 5.92 Å². The first kappa shape index (κ1) is 7.40. The first-order valence-corrected chi connectivity index (χ1v) is 4.18. The van der Waals surface area contributed by atoms with Gasteiger partial charge >= 0.3 is 0 Å². The van der Waals surface area contributed by atoms with E-state index in [1.54, 1.807) is 0 Å². The lowest BCUT2D eigenvalue weighted by atomic mass is 9.91. The Kier molecular flexibility index (Phi) is 1.46. The normalized spacial score (nSPS) is 21.2. The zero-order chi connectivity index (χ0) is 8.72. The van der Waals surface area contributed by atoms with Gasteiger partial charge in [0.15, 0.2) is 0 Å². The molecule has 1 amide bonds. The van der Waals surface area contributed by atoms with Crippen molar-refractivity contribution in [2.24, 2.45) is 5.92 Å². The fourth-order valence-corrected chi connectivity index (χ4v) is 1.75. The molecule has 3 heteroatoms. The molecule has 0 saturated carbocycles. The molecule has 1 aliphatic rings. The van der Waals surface area contributed by atoms with Crippen molar-refractivity contribution in [2.45, 2.75) is 19.8 Å². The average molecular weight is 164 g/mol. The van der Waals surface area contributed by atoms with Crippen molar-refractivity contribution in [1.82, 2.24) is 4.98 Å². The molecule has 1 aliphatic heterocycles. The van der Waals surface area contributed by atoms with E-state index in [2.05, 4.69) is 24.1 Å². The molecule has 0 spiro atoms. The summed E-state index contributed by atoms with van der Waals surface area (Å²) in [5, 5.41) is 2.81. The number of fused-ring (bicyclic) bond motifs is 1. The van der Waals surface area contributed by atoms with E-state index >= 15 is 0 Å². The molecule has 12 heavy (non-hydrogen) atoms. The highest BCUT2D eigenvalue weighted by atomic mass is 16.2. The highest BCUT2D eigenvalue weighted by molar-refractivity contribution is 6.02. The first-order valence-electron chi connectivity index (χ1n) is 4.18. The molecule has 0 aromatic carbocycles. The van der Waals surface area contributed by atoms with E-state index in [1.807, 2.05) is 12.3 Å². The maximum absolute atomic E-state index is 11.4. The average Bonchev–Trinajstić information content (AvgIpc) is 2.44. The van der Waals surface area contributed by atoms with Gasteiger partial charge in [0.25, 0.3) is 0 Å². The van der Waals surface area contributed by atoms with E-state index in [1.165, 1.54) is 0 Å². The summed E-state index contributed by atoms with van der Waals surface area (Å²) < 4.78 is 0. The van der Waals surface area contributed by atoms with Crippen LogP contribution in [0.3, 0.4) is 0 Å². The highest BCUT2D eigenvalue weighted by Crippen LogP contribution is 2.35. The monoisotopic (exact) mass is 164 g/mol. The maximum atomic E-state index is 11.4. The lowest BCUT2D eigenvalue weighted by Gasteiger charge is -2.10. The van der Waals surface area contributed by atoms with Gasteiger partial charge in [-0.2, -0.15) is 0 Å². The summed E-state index contributed by atoms with van der Waals surface area (Å²) >= 11 is 0. The van der Waals surface area contributed by atoms with E-state index in [0.29, 0.717) is 5.92 Å². The minimum Gasteiger partial charge on any atom is -0.348 e. The van der Waals surface area contributed by atoms with E-state index in [4.69, 9.17) is 0 Å². The van der Waals surface area contributed by atoms with Crippen LogP contribution in [0.5, 0.6) is 0 Å². The Hall–Kier alpha value is -1.25. The molecule has 1 unspecified atom stereocenters. The summed E-state index contributed by atoms with van der Waals surface area (Å²) in [7, 11) is 0. The van der Waals surface area contributed by atoms with Crippen LogP contribution in [-0.4, -0.2) is 10.9 Å². The zero-order valence-corrected chi connectivity index (χ0v) is 7.22. The summed E-state index contributed by atoms with van der Waals surface area (Å²) in [6.45, 7) is 4.12. The topological polar surface area (TPSA) is 44.9 Å². The van der Waals surface area contributed by atoms with Crippen LogP contribution in [0, 0.1) is 5.92 Å². The number of carbonyl (C=O) groups excluding carboxylic acids is 1. The van der Waals surface area contributed by atoms with Crippen LogP contribution in [-0.2, 0) is 4.79 Å². The van der Waals surface area contributed by atoms with Crippen LogP contribution in [0.2, 0.25) is 0 Å². The van der Waals surface area contributed by atoms with Gasteiger partial charge in [0, 0.05) is 11.8 Å². The molecular weight excluding hydrogens is 152 g/mol. The summed E-state index contributed by atoms with van der Waals surface area (Å²) in [5.74, 6) is 1.39. The zero-order valence-electron chi connectivity index (χ0n) is 7.22. The van der Waals surface area contributed by atoms with Gasteiger partial charge in [0.2, 0.25) is 5.91 Å². The number of nitrogens with one attached hydrogen (secondary N) is 2. The minimum absolute atomic E-state index is 0.0336. The van der Waals surface area contributed by atoms with Crippen molar-refractivity contribution in [3.8, 4) is 0 Å². The number of hydrogen-bond donors (Lipinski definition) is 2. The predicted octanol–water partition coefficient (Wildman–Crippen LogP) is 1.71. The molecule has 1 aromatic heterocycles. The largest absolute Gasteiger partial charge is 0.348 e. The SMILES string of the molecule is CC(C)C1C(=O)Nc2[nH]ccc21.